The zero-order chi connectivity index (χ0) is 20.6. The van der Waals surface area contributed by atoms with Crippen molar-refractivity contribution < 1.29 is 4.74 Å². The van der Waals surface area contributed by atoms with Crippen molar-refractivity contribution in [2.24, 2.45) is 4.99 Å². The van der Waals surface area contributed by atoms with E-state index in [1.54, 1.807) is 7.11 Å². The second-order valence-corrected chi connectivity index (χ2v) is 8.38. The molecule has 2 unspecified atom stereocenters. The van der Waals surface area contributed by atoms with Gasteiger partial charge in [-0.15, -0.1) is 24.0 Å². The van der Waals surface area contributed by atoms with E-state index in [0.717, 1.165) is 50.5 Å². The number of benzene rings is 1. The molecule has 170 valence electrons. The van der Waals surface area contributed by atoms with Crippen molar-refractivity contribution in [1.29, 1.82) is 0 Å². The van der Waals surface area contributed by atoms with Gasteiger partial charge in [0.05, 0.1) is 19.7 Å². The summed E-state index contributed by atoms with van der Waals surface area (Å²) in [6, 6.07) is 10.1. The largest absolute Gasteiger partial charge is 0.497 e. The summed E-state index contributed by atoms with van der Waals surface area (Å²) in [5, 5.41) is 7.03. The van der Waals surface area contributed by atoms with E-state index < -0.39 is 0 Å². The zero-order valence-electron chi connectivity index (χ0n) is 19.1. The van der Waals surface area contributed by atoms with E-state index in [0.29, 0.717) is 12.1 Å². The molecular formula is C23H40IN5O. The smallest absolute Gasteiger partial charge is 0.191 e. The third kappa shape index (κ3) is 7.27. The van der Waals surface area contributed by atoms with Gasteiger partial charge in [-0.05, 0) is 77.4 Å². The van der Waals surface area contributed by atoms with Crippen LogP contribution in [0.25, 0.3) is 0 Å². The van der Waals surface area contributed by atoms with Gasteiger partial charge in [0.2, 0.25) is 0 Å². The molecule has 1 aromatic rings. The summed E-state index contributed by atoms with van der Waals surface area (Å²) in [6.07, 6.45) is 5.24. The highest BCUT2D eigenvalue weighted by atomic mass is 127. The Hall–Kier alpha value is -1.06. The molecule has 3 rings (SSSR count). The molecule has 0 radical (unpaired) electrons. The van der Waals surface area contributed by atoms with Gasteiger partial charge < -0.3 is 15.4 Å². The molecule has 6 nitrogen and oxygen atoms in total. The molecule has 1 saturated heterocycles. The van der Waals surface area contributed by atoms with Crippen molar-refractivity contribution in [2.45, 2.75) is 57.7 Å². The number of aliphatic imine (C=N–C) groups is 1. The van der Waals surface area contributed by atoms with Gasteiger partial charge in [-0.3, -0.25) is 14.8 Å². The first-order valence-corrected chi connectivity index (χ1v) is 11.2. The highest BCUT2D eigenvalue weighted by Gasteiger charge is 2.29. The number of nitrogens with zero attached hydrogens (tertiary/aromatic N) is 3. The van der Waals surface area contributed by atoms with E-state index in [2.05, 4.69) is 65.6 Å². The summed E-state index contributed by atoms with van der Waals surface area (Å²) in [5.74, 6) is 1.83. The monoisotopic (exact) mass is 529 g/mol. The number of likely N-dealkylation sites (tertiary alicyclic amines) is 1. The molecule has 0 amide bonds. The first-order valence-electron chi connectivity index (χ1n) is 11.2. The lowest BCUT2D eigenvalue weighted by atomic mass is 10.1. The molecule has 0 spiro atoms. The third-order valence-electron chi connectivity index (χ3n) is 6.22. The summed E-state index contributed by atoms with van der Waals surface area (Å²) in [6.45, 7) is 9.26. The Morgan fingerprint density at radius 1 is 1.20 bits per heavy atom. The number of ether oxygens (including phenoxy) is 1. The Morgan fingerprint density at radius 3 is 2.43 bits per heavy atom. The Bertz CT molecular complexity index is 643. The van der Waals surface area contributed by atoms with E-state index >= 15 is 0 Å². The van der Waals surface area contributed by atoms with Gasteiger partial charge in [0.25, 0.3) is 0 Å². The fourth-order valence-electron chi connectivity index (χ4n) is 4.07. The maximum atomic E-state index is 5.34. The molecule has 0 aromatic heterocycles. The lowest BCUT2D eigenvalue weighted by Crippen LogP contribution is -2.43. The lowest BCUT2D eigenvalue weighted by Gasteiger charge is -2.29. The Balaban J connectivity index is 0.00000320. The van der Waals surface area contributed by atoms with Crippen LogP contribution in [-0.2, 0) is 0 Å². The molecule has 1 aliphatic heterocycles. The van der Waals surface area contributed by atoms with Crippen molar-refractivity contribution in [2.75, 3.05) is 46.9 Å². The number of guanidine groups is 1. The van der Waals surface area contributed by atoms with E-state index in [4.69, 9.17) is 9.73 Å². The third-order valence-corrected chi connectivity index (χ3v) is 6.22. The average molecular weight is 530 g/mol. The number of hydrogen-bond donors (Lipinski definition) is 2. The van der Waals surface area contributed by atoms with Crippen LogP contribution < -0.4 is 15.4 Å². The molecule has 1 aliphatic carbocycles. The first kappa shape index (κ1) is 25.2. The lowest BCUT2D eigenvalue weighted by molar-refractivity contribution is 0.244. The number of hydrogen-bond acceptors (Lipinski definition) is 4. The van der Waals surface area contributed by atoms with Gasteiger partial charge in [-0.25, -0.2) is 0 Å². The number of halogens is 1. The minimum atomic E-state index is 0. The zero-order valence-corrected chi connectivity index (χ0v) is 21.4. The molecule has 1 heterocycles. The number of rotatable bonds is 10. The van der Waals surface area contributed by atoms with Crippen molar-refractivity contribution in [3.8, 4) is 5.75 Å². The van der Waals surface area contributed by atoms with Gasteiger partial charge in [0.15, 0.2) is 5.96 Å². The molecule has 2 N–H and O–H groups in total. The molecular weight excluding hydrogens is 489 g/mol. The van der Waals surface area contributed by atoms with Gasteiger partial charge in [0.1, 0.15) is 5.75 Å². The second-order valence-electron chi connectivity index (χ2n) is 8.38. The average Bonchev–Trinajstić information content (AvgIpc) is 3.46. The molecule has 2 fully saturated rings. The maximum absolute atomic E-state index is 5.34. The highest BCUT2D eigenvalue weighted by molar-refractivity contribution is 14.0. The van der Waals surface area contributed by atoms with Crippen LogP contribution >= 0.6 is 24.0 Å². The molecule has 2 aliphatic rings. The van der Waals surface area contributed by atoms with Gasteiger partial charge in [-0.2, -0.15) is 0 Å². The number of likely N-dealkylation sites (N-methyl/N-ethyl adjacent to an activating group) is 1. The number of nitrogens with one attached hydrogen (secondary N) is 2. The first-order chi connectivity index (χ1) is 14.1. The standard InChI is InChI=1S/C23H39N5O.HI/c1-5-24-23(25-16-18(2)27(3)20-10-11-20)26-17-22(28-14-6-7-15-28)19-8-12-21(29-4)13-9-19;/h8-9,12-13,18,20,22H,5-7,10-11,14-17H2,1-4H3,(H2,24,25,26);1H. The minimum absolute atomic E-state index is 0. The van der Waals surface area contributed by atoms with Crippen molar-refractivity contribution in [3.63, 3.8) is 0 Å². The van der Waals surface area contributed by atoms with E-state index in [9.17, 15) is 0 Å². The fraction of sp³-hybridized carbons (Fsp3) is 0.696. The topological polar surface area (TPSA) is 52.1 Å². The molecule has 1 saturated carbocycles. The predicted molar refractivity (Wildman–Crippen MR) is 136 cm³/mol. The summed E-state index contributed by atoms with van der Waals surface area (Å²) in [4.78, 5) is 9.93. The van der Waals surface area contributed by atoms with E-state index in [-0.39, 0.29) is 24.0 Å². The van der Waals surface area contributed by atoms with Crippen LogP contribution in [0.1, 0.15) is 51.1 Å². The maximum Gasteiger partial charge on any atom is 0.191 e. The van der Waals surface area contributed by atoms with E-state index in [1.165, 1.54) is 31.2 Å². The van der Waals surface area contributed by atoms with E-state index in [1.807, 2.05) is 0 Å². The van der Waals surface area contributed by atoms with Crippen molar-refractivity contribution in [3.05, 3.63) is 29.8 Å². The van der Waals surface area contributed by atoms with Gasteiger partial charge in [-0.1, -0.05) is 12.1 Å². The molecule has 1 aromatic carbocycles. The summed E-state index contributed by atoms with van der Waals surface area (Å²) in [5.41, 5.74) is 1.33. The van der Waals surface area contributed by atoms with Crippen LogP contribution in [-0.4, -0.2) is 74.7 Å². The Labute approximate surface area is 199 Å². The highest BCUT2D eigenvalue weighted by Crippen LogP contribution is 2.27. The van der Waals surface area contributed by atoms with Gasteiger partial charge >= 0.3 is 0 Å². The SMILES string of the molecule is CCNC(=NCC(C)N(C)C1CC1)NCC(c1ccc(OC)cc1)N1CCCC1.I. The minimum Gasteiger partial charge on any atom is -0.497 e. The normalized spacial score (nSPS) is 19.3. The second kappa shape index (κ2) is 12.7. The van der Waals surface area contributed by atoms with Crippen LogP contribution in [0, 0.1) is 0 Å². The Kier molecular flexibility index (Phi) is 10.7. The van der Waals surface area contributed by atoms with Crippen molar-refractivity contribution >= 4 is 29.9 Å². The van der Waals surface area contributed by atoms with Crippen LogP contribution in [0.3, 0.4) is 0 Å². The molecule has 0 bridgehead atoms. The van der Waals surface area contributed by atoms with Crippen LogP contribution in [0.4, 0.5) is 0 Å². The van der Waals surface area contributed by atoms with Crippen molar-refractivity contribution in [1.82, 2.24) is 20.4 Å². The molecule has 30 heavy (non-hydrogen) atoms. The summed E-state index contributed by atoms with van der Waals surface area (Å²) in [7, 11) is 3.95. The summed E-state index contributed by atoms with van der Waals surface area (Å²) >= 11 is 0. The Morgan fingerprint density at radius 2 is 1.87 bits per heavy atom. The fourth-order valence-corrected chi connectivity index (χ4v) is 4.07. The van der Waals surface area contributed by atoms with Crippen LogP contribution in [0.15, 0.2) is 29.3 Å². The summed E-state index contributed by atoms with van der Waals surface area (Å²) < 4.78 is 5.34. The van der Waals surface area contributed by atoms with Crippen LogP contribution in [0.5, 0.6) is 5.75 Å². The van der Waals surface area contributed by atoms with Gasteiger partial charge in [0, 0.05) is 25.2 Å². The van der Waals surface area contributed by atoms with Crippen LogP contribution in [0.2, 0.25) is 0 Å². The number of methoxy groups -OCH3 is 1. The molecule has 2 atom stereocenters. The quantitative estimate of drug-likeness (QED) is 0.276. The predicted octanol–water partition coefficient (Wildman–Crippen LogP) is 3.49. The molecule has 7 heteroatoms.